The molecule has 1 amide bonds. The van der Waals surface area contributed by atoms with Crippen LogP contribution in [-0.2, 0) is 4.79 Å². The first kappa shape index (κ1) is 10.5. The fourth-order valence-electron chi connectivity index (χ4n) is 1.44. The average Bonchev–Trinajstić information content (AvgIpc) is 2.56. The molecule has 0 saturated heterocycles. The monoisotopic (exact) mass is 222 g/mol. The third-order valence-corrected chi connectivity index (χ3v) is 2.30. The molecule has 6 heteroatoms. The zero-order valence-electron chi connectivity index (χ0n) is 8.72. The minimum absolute atomic E-state index is 0.217. The summed E-state index contributed by atoms with van der Waals surface area (Å²) < 4.78 is 13.4. The highest BCUT2D eigenvalue weighted by atomic mass is 19.1. The number of nitrogens with zero attached hydrogens (tertiary/aromatic N) is 3. The number of nitrogen functional groups attached to an aromatic ring is 1. The van der Waals surface area contributed by atoms with E-state index < -0.39 is 12.1 Å². The Balaban J connectivity index is 2.36. The van der Waals surface area contributed by atoms with E-state index in [1.54, 1.807) is 13.0 Å². The molecule has 0 radical (unpaired) electrons. The first-order valence-electron chi connectivity index (χ1n) is 4.90. The summed E-state index contributed by atoms with van der Waals surface area (Å²) in [5.74, 6) is -0.467. The van der Waals surface area contributed by atoms with Crippen molar-refractivity contribution < 1.29 is 9.18 Å². The maximum atomic E-state index is 13.4. The summed E-state index contributed by atoms with van der Waals surface area (Å²) in [6.45, 7) is 1.75. The van der Waals surface area contributed by atoms with Crippen molar-refractivity contribution in [1.82, 2.24) is 4.98 Å². The van der Waals surface area contributed by atoms with E-state index in [0.717, 1.165) is 5.01 Å². The molecule has 5 nitrogen and oxygen atoms in total. The van der Waals surface area contributed by atoms with Crippen LogP contribution in [0, 0.1) is 0 Å². The Morgan fingerprint density at radius 2 is 2.38 bits per heavy atom. The minimum atomic E-state index is -1.66. The van der Waals surface area contributed by atoms with Gasteiger partial charge in [0.2, 0.25) is 6.17 Å². The number of carbonyl (C=O) groups excluding carboxylic acids is 1. The second-order valence-corrected chi connectivity index (χ2v) is 3.40. The summed E-state index contributed by atoms with van der Waals surface area (Å²) in [5.41, 5.74) is 6.22. The van der Waals surface area contributed by atoms with Crippen LogP contribution in [0.15, 0.2) is 23.4 Å². The summed E-state index contributed by atoms with van der Waals surface area (Å²) in [6, 6.07) is 3.06. The van der Waals surface area contributed by atoms with Gasteiger partial charge >= 0.3 is 0 Å². The van der Waals surface area contributed by atoms with Gasteiger partial charge in [-0.25, -0.2) is 9.37 Å². The van der Waals surface area contributed by atoms with Crippen molar-refractivity contribution in [2.75, 3.05) is 10.7 Å². The Labute approximate surface area is 91.8 Å². The van der Waals surface area contributed by atoms with Crippen LogP contribution < -0.4 is 10.7 Å². The predicted molar refractivity (Wildman–Crippen MR) is 58.8 cm³/mol. The van der Waals surface area contributed by atoms with Crippen LogP contribution in [0.3, 0.4) is 0 Å². The SMILES string of the molecule is CCC1=NN(c2cc(N)ccn2)C(=O)C1F. The third-order valence-electron chi connectivity index (χ3n) is 2.30. The summed E-state index contributed by atoms with van der Waals surface area (Å²) in [4.78, 5) is 15.5. The van der Waals surface area contributed by atoms with Crippen LogP contribution >= 0.6 is 0 Å². The molecule has 0 fully saturated rings. The first-order valence-corrected chi connectivity index (χ1v) is 4.90. The molecule has 2 heterocycles. The Kier molecular flexibility index (Phi) is 2.55. The lowest BCUT2D eigenvalue weighted by Gasteiger charge is -2.10. The predicted octanol–water partition coefficient (Wildman–Crippen LogP) is 1.11. The lowest BCUT2D eigenvalue weighted by molar-refractivity contribution is -0.120. The summed E-state index contributed by atoms with van der Waals surface area (Å²) in [7, 11) is 0. The van der Waals surface area contributed by atoms with Gasteiger partial charge in [-0.1, -0.05) is 6.92 Å². The number of hydrazone groups is 1. The first-order chi connectivity index (χ1) is 7.63. The van der Waals surface area contributed by atoms with Gasteiger partial charge in [0, 0.05) is 18.0 Å². The van der Waals surface area contributed by atoms with Crippen molar-refractivity contribution >= 4 is 23.1 Å². The molecule has 84 valence electrons. The van der Waals surface area contributed by atoms with Gasteiger partial charge in [-0.3, -0.25) is 4.79 Å². The number of anilines is 2. The molecule has 0 aliphatic carbocycles. The molecule has 0 spiro atoms. The second-order valence-electron chi connectivity index (χ2n) is 3.40. The number of amides is 1. The molecule has 2 N–H and O–H groups in total. The number of hydrogen-bond acceptors (Lipinski definition) is 4. The molecular formula is C10H11FN4O. The van der Waals surface area contributed by atoms with E-state index in [4.69, 9.17) is 5.73 Å². The van der Waals surface area contributed by atoms with Crippen molar-refractivity contribution in [3.63, 3.8) is 0 Å². The number of aromatic nitrogens is 1. The number of halogens is 1. The zero-order valence-corrected chi connectivity index (χ0v) is 8.72. The number of hydrogen-bond donors (Lipinski definition) is 1. The maximum absolute atomic E-state index is 13.4. The smallest absolute Gasteiger partial charge is 0.289 e. The maximum Gasteiger partial charge on any atom is 0.289 e. The quantitative estimate of drug-likeness (QED) is 0.814. The lowest BCUT2D eigenvalue weighted by atomic mass is 10.2. The summed E-state index contributed by atoms with van der Waals surface area (Å²) in [6.07, 6.45) is 0.185. The number of carbonyl (C=O) groups is 1. The van der Waals surface area contributed by atoms with Gasteiger partial charge in [-0.15, -0.1) is 0 Å². The molecule has 1 aliphatic rings. The Hall–Kier alpha value is -1.98. The standard InChI is InChI=1S/C10H11FN4O/c1-2-7-9(11)10(16)15(14-7)8-5-6(12)3-4-13-8/h3-5,9H,2H2,1H3,(H2,12,13). The van der Waals surface area contributed by atoms with Crippen LogP contribution in [0.4, 0.5) is 15.9 Å². The van der Waals surface area contributed by atoms with Gasteiger partial charge in [0.05, 0.1) is 5.71 Å². The highest BCUT2D eigenvalue weighted by Gasteiger charge is 2.36. The largest absolute Gasteiger partial charge is 0.399 e. The molecular weight excluding hydrogens is 211 g/mol. The van der Waals surface area contributed by atoms with Crippen molar-refractivity contribution in [1.29, 1.82) is 0 Å². The summed E-state index contributed by atoms with van der Waals surface area (Å²) >= 11 is 0. The summed E-state index contributed by atoms with van der Waals surface area (Å²) in [5, 5.41) is 4.85. The number of pyridine rings is 1. The molecule has 0 aromatic carbocycles. The lowest BCUT2D eigenvalue weighted by Crippen LogP contribution is -2.29. The molecule has 1 aliphatic heterocycles. The van der Waals surface area contributed by atoms with E-state index in [2.05, 4.69) is 10.1 Å². The molecule has 0 bridgehead atoms. The van der Waals surface area contributed by atoms with E-state index >= 15 is 0 Å². The Morgan fingerprint density at radius 1 is 1.62 bits per heavy atom. The van der Waals surface area contributed by atoms with Crippen LogP contribution in [-0.4, -0.2) is 22.8 Å². The molecule has 1 unspecified atom stereocenters. The number of nitrogens with two attached hydrogens (primary N) is 1. The molecule has 16 heavy (non-hydrogen) atoms. The van der Waals surface area contributed by atoms with Gasteiger partial charge in [0.1, 0.15) is 0 Å². The van der Waals surface area contributed by atoms with Gasteiger partial charge in [0.25, 0.3) is 5.91 Å². The van der Waals surface area contributed by atoms with E-state index in [1.807, 2.05) is 0 Å². The molecule has 2 rings (SSSR count). The number of alkyl halides is 1. The van der Waals surface area contributed by atoms with Crippen molar-refractivity contribution in [3.8, 4) is 0 Å². The average molecular weight is 222 g/mol. The van der Waals surface area contributed by atoms with Gasteiger partial charge in [-0.2, -0.15) is 10.1 Å². The highest BCUT2D eigenvalue weighted by Crippen LogP contribution is 2.22. The Bertz CT molecular complexity index is 460. The topological polar surface area (TPSA) is 71.6 Å². The number of rotatable bonds is 2. The normalized spacial score (nSPS) is 20.1. The van der Waals surface area contributed by atoms with Crippen molar-refractivity contribution in [3.05, 3.63) is 18.3 Å². The second kappa shape index (κ2) is 3.88. The molecule has 1 atom stereocenters. The minimum Gasteiger partial charge on any atom is -0.399 e. The van der Waals surface area contributed by atoms with E-state index in [0.29, 0.717) is 12.1 Å². The zero-order chi connectivity index (χ0) is 11.7. The van der Waals surface area contributed by atoms with Crippen LogP contribution in [0.1, 0.15) is 13.3 Å². The van der Waals surface area contributed by atoms with Crippen LogP contribution in [0.2, 0.25) is 0 Å². The van der Waals surface area contributed by atoms with Crippen molar-refractivity contribution in [2.24, 2.45) is 5.10 Å². The van der Waals surface area contributed by atoms with Gasteiger partial charge in [0.15, 0.2) is 5.82 Å². The Morgan fingerprint density at radius 3 is 2.94 bits per heavy atom. The van der Waals surface area contributed by atoms with Crippen molar-refractivity contribution in [2.45, 2.75) is 19.5 Å². The van der Waals surface area contributed by atoms with E-state index in [9.17, 15) is 9.18 Å². The third kappa shape index (κ3) is 1.62. The van der Waals surface area contributed by atoms with Crippen LogP contribution in [0.5, 0.6) is 0 Å². The molecule has 0 saturated carbocycles. The highest BCUT2D eigenvalue weighted by molar-refractivity contribution is 6.17. The molecule has 1 aromatic heterocycles. The fraction of sp³-hybridized carbons (Fsp3) is 0.300. The van der Waals surface area contributed by atoms with E-state index in [-0.39, 0.29) is 11.5 Å². The van der Waals surface area contributed by atoms with E-state index in [1.165, 1.54) is 12.3 Å². The fourth-order valence-corrected chi connectivity index (χ4v) is 1.44. The molecule has 1 aromatic rings. The van der Waals surface area contributed by atoms with Gasteiger partial charge < -0.3 is 5.73 Å². The van der Waals surface area contributed by atoms with Crippen LogP contribution in [0.25, 0.3) is 0 Å². The van der Waals surface area contributed by atoms with Gasteiger partial charge in [-0.05, 0) is 12.5 Å².